The number of dihydropyridines is 1. The number of ether oxygens (including phenoxy) is 2. The highest BCUT2D eigenvalue weighted by molar-refractivity contribution is 5.83. The van der Waals surface area contributed by atoms with Crippen LogP contribution in [0, 0.1) is 11.3 Å². The van der Waals surface area contributed by atoms with Crippen molar-refractivity contribution in [1.29, 1.82) is 5.26 Å². The molecule has 1 fully saturated rings. The zero-order valence-electron chi connectivity index (χ0n) is 17.7. The third-order valence-corrected chi connectivity index (χ3v) is 5.31. The van der Waals surface area contributed by atoms with E-state index in [1.165, 1.54) is 0 Å². The van der Waals surface area contributed by atoms with Crippen LogP contribution in [0.4, 0.5) is 0 Å². The van der Waals surface area contributed by atoms with E-state index in [2.05, 4.69) is 22.0 Å². The van der Waals surface area contributed by atoms with Crippen LogP contribution in [-0.2, 0) is 20.7 Å². The Hall–Kier alpha value is -3.60. The van der Waals surface area contributed by atoms with Gasteiger partial charge in [-0.25, -0.2) is 0 Å². The summed E-state index contributed by atoms with van der Waals surface area (Å²) in [6, 6.07) is 18.8. The number of nitrogens with one attached hydrogen (secondary N) is 3. The fourth-order valence-corrected chi connectivity index (χ4v) is 3.46. The number of benzene rings is 2. The van der Waals surface area contributed by atoms with Gasteiger partial charge in [0, 0.05) is 12.7 Å². The molecule has 164 valence electrons. The topological polar surface area (TPSA) is 95.4 Å². The van der Waals surface area contributed by atoms with Crippen LogP contribution in [0.2, 0.25) is 0 Å². The molecule has 7 nitrogen and oxygen atoms in total. The average Bonchev–Trinajstić information content (AvgIpc) is 2.81. The highest BCUT2D eigenvalue weighted by Crippen LogP contribution is 2.16. The number of hydrogen-bond donors (Lipinski definition) is 3. The van der Waals surface area contributed by atoms with Gasteiger partial charge in [-0.2, -0.15) is 5.26 Å². The minimum absolute atomic E-state index is 0.0987. The molecule has 0 bridgehead atoms. The van der Waals surface area contributed by atoms with Crippen molar-refractivity contribution in [1.82, 2.24) is 16.0 Å². The quantitative estimate of drug-likeness (QED) is 0.565. The van der Waals surface area contributed by atoms with Crippen molar-refractivity contribution in [2.45, 2.75) is 24.7 Å². The second-order valence-electron chi connectivity index (χ2n) is 7.69. The maximum Gasteiger partial charge on any atom is 0.243 e. The predicted molar refractivity (Wildman–Crippen MR) is 120 cm³/mol. The smallest absolute Gasteiger partial charge is 0.243 e. The van der Waals surface area contributed by atoms with Crippen LogP contribution in [-0.4, -0.2) is 37.9 Å². The lowest BCUT2D eigenvalue weighted by atomic mass is 10.0. The number of hydrogen-bond acceptors (Lipinski definition) is 6. The van der Waals surface area contributed by atoms with E-state index in [1.807, 2.05) is 54.6 Å². The number of allylic oxidation sites excluding steroid dienone is 1. The normalized spacial score (nSPS) is 18.5. The van der Waals surface area contributed by atoms with E-state index in [1.54, 1.807) is 18.3 Å². The number of amides is 1. The largest absolute Gasteiger partial charge is 0.484 e. The van der Waals surface area contributed by atoms with Gasteiger partial charge in [0.2, 0.25) is 5.91 Å². The van der Waals surface area contributed by atoms with Crippen LogP contribution in [0.1, 0.15) is 22.7 Å². The Bertz CT molecular complexity index is 1010. The molecule has 0 spiro atoms. The minimum atomic E-state index is -0.487. The van der Waals surface area contributed by atoms with Crippen LogP contribution < -0.4 is 16.0 Å². The molecule has 2 unspecified atom stereocenters. The average molecular weight is 431 g/mol. The lowest BCUT2D eigenvalue weighted by Crippen LogP contribution is -2.48. The Labute approximate surface area is 187 Å². The van der Waals surface area contributed by atoms with Crippen LogP contribution in [0.5, 0.6) is 0 Å². The van der Waals surface area contributed by atoms with E-state index >= 15 is 0 Å². The van der Waals surface area contributed by atoms with Crippen molar-refractivity contribution < 1.29 is 14.3 Å². The lowest BCUT2D eigenvalue weighted by Gasteiger charge is -2.29. The fourth-order valence-electron chi connectivity index (χ4n) is 3.46. The van der Waals surface area contributed by atoms with Gasteiger partial charge in [0.1, 0.15) is 24.1 Å². The molecule has 7 heteroatoms. The van der Waals surface area contributed by atoms with Crippen molar-refractivity contribution in [3.8, 4) is 6.07 Å². The number of rotatable bonds is 9. The Morgan fingerprint density at radius 2 is 1.97 bits per heavy atom. The van der Waals surface area contributed by atoms with Gasteiger partial charge < -0.3 is 25.4 Å². The predicted octanol–water partition coefficient (Wildman–Crippen LogP) is 2.29. The first kappa shape index (κ1) is 21.6. The maximum absolute atomic E-state index is 13.1. The highest BCUT2D eigenvalue weighted by atomic mass is 16.6. The Morgan fingerprint density at radius 3 is 2.59 bits per heavy atom. The monoisotopic (exact) mass is 430 g/mol. The number of nitriles is 1. The standard InChI is InChI=1S/C25H26N4O3/c26-14-19-8-6-18(7-9-19)12-13-27-24(20-4-2-1-3-5-20)25(30)29-23-11-10-21(15-28-23)32-22-16-31-17-22/h1-11,15,22-24,27-28H,12-13,16-17H2,(H,29,30). The van der Waals surface area contributed by atoms with Crippen molar-refractivity contribution in [2.75, 3.05) is 19.8 Å². The van der Waals surface area contributed by atoms with Crippen molar-refractivity contribution in [3.05, 3.63) is 95.4 Å². The Kier molecular flexibility index (Phi) is 7.18. The van der Waals surface area contributed by atoms with Crippen LogP contribution in [0.15, 0.2) is 78.7 Å². The highest BCUT2D eigenvalue weighted by Gasteiger charge is 2.24. The summed E-state index contributed by atoms with van der Waals surface area (Å²) in [6.07, 6.45) is 6.01. The molecule has 1 saturated heterocycles. The molecule has 1 amide bonds. The summed E-state index contributed by atoms with van der Waals surface area (Å²) in [7, 11) is 0. The van der Waals surface area contributed by atoms with E-state index in [0.717, 1.165) is 23.3 Å². The van der Waals surface area contributed by atoms with Crippen LogP contribution in [0.3, 0.4) is 0 Å². The van der Waals surface area contributed by atoms with Gasteiger partial charge >= 0.3 is 0 Å². The second-order valence-corrected chi connectivity index (χ2v) is 7.69. The Balaban J connectivity index is 1.33. The third kappa shape index (κ3) is 5.76. The molecule has 2 aromatic rings. The summed E-state index contributed by atoms with van der Waals surface area (Å²) in [5.41, 5.74) is 2.64. The van der Waals surface area contributed by atoms with Gasteiger partial charge in [0.25, 0.3) is 0 Å². The van der Waals surface area contributed by atoms with Crippen LogP contribution in [0.25, 0.3) is 0 Å². The van der Waals surface area contributed by atoms with Gasteiger partial charge in [0.05, 0.1) is 24.8 Å². The zero-order chi connectivity index (χ0) is 22.2. The molecule has 2 heterocycles. The van der Waals surface area contributed by atoms with Gasteiger partial charge in [0.15, 0.2) is 0 Å². The Morgan fingerprint density at radius 1 is 1.19 bits per heavy atom. The molecule has 0 saturated carbocycles. The van der Waals surface area contributed by atoms with Gasteiger partial charge in [-0.15, -0.1) is 0 Å². The number of carbonyl (C=O) groups excluding carboxylic acids is 1. The molecule has 0 aliphatic carbocycles. The fraction of sp³-hybridized carbons (Fsp3) is 0.280. The maximum atomic E-state index is 13.1. The molecule has 2 aliphatic heterocycles. The van der Waals surface area contributed by atoms with E-state index in [-0.39, 0.29) is 18.2 Å². The van der Waals surface area contributed by atoms with E-state index in [4.69, 9.17) is 14.7 Å². The van der Waals surface area contributed by atoms with Gasteiger partial charge in [-0.1, -0.05) is 42.5 Å². The van der Waals surface area contributed by atoms with Crippen molar-refractivity contribution >= 4 is 5.91 Å². The molecule has 2 aromatic carbocycles. The SMILES string of the molecule is N#Cc1ccc(CCNC(C(=O)NC2C=CC(OC3COC3)=CN2)c2ccccc2)cc1. The first-order chi connectivity index (χ1) is 15.7. The molecule has 2 atom stereocenters. The first-order valence-electron chi connectivity index (χ1n) is 10.7. The van der Waals surface area contributed by atoms with Gasteiger partial charge in [-0.05, 0) is 41.8 Å². The van der Waals surface area contributed by atoms with Crippen molar-refractivity contribution in [3.63, 3.8) is 0 Å². The van der Waals surface area contributed by atoms with E-state index in [9.17, 15) is 4.79 Å². The summed E-state index contributed by atoms with van der Waals surface area (Å²) in [5, 5.41) is 18.5. The molecule has 32 heavy (non-hydrogen) atoms. The summed E-state index contributed by atoms with van der Waals surface area (Å²) in [4.78, 5) is 13.1. The molecule has 0 aromatic heterocycles. The summed E-state index contributed by atoms with van der Waals surface area (Å²) in [6.45, 7) is 1.84. The van der Waals surface area contributed by atoms with Crippen LogP contribution >= 0.6 is 0 Å². The zero-order valence-corrected chi connectivity index (χ0v) is 17.7. The van der Waals surface area contributed by atoms with Crippen molar-refractivity contribution in [2.24, 2.45) is 0 Å². The molecule has 3 N–H and O–H groups in total. The molecular weight excluding hydrogens is 404 g/mol. The lowest BCUT2D eigenvalue weighted by molar-refractivity contribution is -0.123. The second kappa shape index (κ2) is 10.6. The summed E-state index contributed by atoms with van der Waals surface area (Å²) < 4.78 is 10.9. The third-order valence-electron chi connectivity index (χ3n) is 5.31. The summed E-state index contributed by atoms with van der Waals surface area (Å²) in [5.74, 6) is 0.604. The molecular formula is C25H26N4O3. The summed E-state index contributed by atoms with van der Waals surface area (Å²) >= 11 is 0. The van der Waals surface area contributed by atoms with Gasteiger partial charge in [-0.3, -0.25) is 4.79 Å². The molecule has 0 radical (unpaired) electrons. The molecule has 2 aliphatic rings. The van der Waals surface area contributed by atoms with E-state index < -0.39 is 6.04 Å². The number of nitrogens with zero attached hydrogens (tertiary/aromatic N) is 1. The first-order valence-corrected chi connectivity index (χ1v) is 10.7. The van der Waals surface area contributed by atoms with E-state index in [0.29, 0.717) is 25.3 Å². The molecule has 4 rings (SSSR count). The number of carbonyl (C=O) groups is 1. The minimum Gasteiger partial charge on any atom is -0.484 e.